The summed E-state index contributed by atoms with van der Waals surface area (Å²) in [5.41, 5.74) is 4.84. The Bertz CT molecular complexity index is 1210. The van der Waals surface area contributed by atoms with Crippen LogP contribution in [0.25, 0.3) is 0 Å². The number of aryl methyl sites for hydroxylation is 1. The molecule has 0 spiro atoms. The minimum Gasteiger partial charge on any atom is -0.496 e. The summed E-state index contributed by atoms with van der Waals surface area (Å²) >= 11 is 3.35. The van der Waals surface area contributed by atoms with Crippen molar-refractivity contribution >= 4 is 51.2 Å². The van der Waals surface area contributed by atoms with Crippen LogP contribution in [-0.4, -0.2) is 31.0 Å². The van der Waals surface area contributed by atoms with E-state index in [0.717, 1.165) is 10.0 Å². The molecule has 0 unspecified atom stereocenters. The van der Waals surface area contributed by atoms with Crippen molar-refractivity contribution in [2.45, 2.75) is 6.92 Å². The average Bonchev–Trinajstić information content (AvgIpc) is 2.81. The van der Waals surface area contributed by atoms with Crippen molar-refractivity contribution in [3.63, 3.8) is 0 Å². The number of carbonyl (C=O) groups is 3. The van der Waals surface area contributed by atoms with Gasteiger partial charge in [0.25, 0.3) is 5.91 Å². The first-order chi connectivity index (χ1) is 15.9. The molecule has 0 aliphatic rings. The standard InChI is InChI=1S/C24H21BrN4O4/c1-15-7-10-18(11-8-15)27-22(30)19-5-3-4-6-20(19)28-23(31)24(32)29-26-14-16-13-17(25)9-12-21(16)33-2/h3-14H,1-2H3,(H,27,30)(H,28,31)(H,29,32). The number of methoxy groups -OCH3 is 1. The molecule has 168 valence electrons. The number of benzene rings is 3. The molecule has 0 aliphatic heterocycles. The minimum atomic E-state index is -0.992. The molecule has 8 nitrogen and oxygen atoms in total. The van der Waals surface area contributed by atoms with E-state index in [4.69, 9.17) is 4.74 Å². The lowest BCUT2D eigenvalue weighted by Crippen LogP contribution is -2.33. The fourth-order valence-corrected chi connectivity index (χ4v) is 3.20. The second-order valence-electron chi connectivity index (χ2n) is 6.91. The third-order valence-corrected chi connectivity index (χ3v) is 4.99. The molecule has 0 bridgehead atoms. The summed E-state index contributed by atoms with van der Waals surface area (Å²) in [6.07, 6.45) is 1.36. The predicted molar refractivity (Wildman–Crippen MR) is 131 cm³/mol. The van der Waals surface area contributed by atoms with E-state index in [0.29, 0.717) is 17.0 Å². The molecule has 0 fully saturated rings. The van der Waals surface area contributed by atoms with Gasteiger partial charge in [-0.1, -0.05) is 45.8 Å². The maximum absolute atomic E-state index is 12.7. The van der Waals surface area contributed by atoms with Gasteiger partial charge in [-0.3, -0.25) is 14.4 Å². The number of hydrogen-bond donors (Lipinski definition) is 3. The largest absolute Gasteiger partial charge is 0.496 e. The summed E-state index contributed by atoms with van der Waals surface area (Å²) < 4.78 is 6.03. The molecule has 3 amide bonds. The van der Waals surface area contributed by atoms with E-state index in [1.165, 1.54) is 19.4 Å². The van der Waals surface area contributed by atoms with Crippen LogP contribution in [0.15, 0.2) is 76.3 Å². The second kappa shape index (κ2) is 11.1. The number of para-hydroxylation sites is 1. The lowest BCUT2D eigenvalue weighted by Gasteiger charge is -2.11. The number of hydrazone groups is 1. The van der Waals surface area contributed by atoms with Crippen LogP contribution in [0.2, 0.25) is 0 Å². The van der Waals surface area contributed by atoms with Crippen LogP contribution in [-0.2, 0) is 9.59 Å². The Morgan fingerprint density at radius 3 is 2.39 bits per heavy atom. The second-order valence-corrected chi connectivity index (χ2v) is 7.82. The number of amides is 3. The molecule has 0 saturated carbocycles. The van der Waals surface area contributed by atoms with Crippen LogP contribution in [0, 0.1) is 6.92 Å². The molecule has 0 saturated heterocycles. The highest BCUT2D eigenvalue weighted by Crippen LogP contribution is 2.21. The third kappa shape index (κ3) is 6.50. The zero-order valence-electron chi connectivity index (χ0n) is 17.9. The van der Waals surface area contributed by atoms with Crippen LogP contribution >= 0.6 is 15.9 Å². The fraction of sp³-hybridized carbons (Fsp3) is 0.0833. The molecule has 3 rings (SSSR count). The molecule has 33 heavy (non-hydrogen) atoms. The van der Waals surface area contributed by atoms with Crippen LogP contribution in [0.5, 0.6) is 5.75 Å². The van der Waals surface area contributed by atoms with Gasteiger partial charge < -0.3 is 15.4 Å². The van der Waals surface area contributed by atoms with Gasteiger partial charge in [-0.2, -0.15) is 5.10 Å². The van der Waals surface area contributed by atoms with Crippen LogP contribution in [0.1, 0.15) is 21.5 Å². The van der Waals surface area contributed by atoms with Crippen LogP contribution in [0.3, 0.4) is 0 Å². The van der Waals surface area contributed by atoms with Gasteiger partial charge in [0.2, 0.25) is 0 Å². The van der Waals surface area contributed by atoms with Crippen molar-refractivity contribution in [3.8, 4) is 5.75 Å². The lowest BCUT2D eigenvalue weighted by atomic mass is 10.1. The third-order valence-electron chi connectivity index (χ3n) is 4.50. The van der Waals surface area contributed by atoms with Crippen molar-refractivity contribution in [1.29, 1.82) is 0 Å². The number of hydrogen-bond acceptors (Lipinski definition) is 5. The lowest BCUT2D eigenvalue weighted by molar-refractivity contribution is -0.136. The maximum atomic E-state index is 12.7. The van der Waals surface area contributed by atoms with Crippen molar-refractivity contribution in [3.05, 3.63) is 87.9 Å². The zero-order chi connectivity index (χ0) is 23.8. The van der Waals surface area contributed by atoms with Gasteiger partial charge in [-0.25, -0.2) is 5.43 Å². The molecule has 0 aromatic heterocycles. The number of carbonyl (C=O) groups excluding carboxylic acids is 3. The van der Waals surface area contributed by atoms with Crippen molar-refractivity contribution in [1.82, 2.24) is 5.43 Å². The molecule has 9 heteroatoms. The first kappa shape index (κ1) is 23.7. The predicted octanol–water partition coefficient (Wildman–Crippen LogP) is 4.11. The van der Waals surface area contributed by atoms with Gasteiger partial charge in [-0.15, -0.1) is 0 Å². The molecule has 3 N–H and O–H groups in total. The summed E-state index contributed by atoms with van der Waals surface area (Å²) in [5.74, 6) is -1.83. The first-order valence-corrected chi connectivity index (χ1v) is 10.6. The van der Waals surface area contributed by atoms with Gasteiger partial charge >= 0.3 is 11.8 Å². The Morgan fingerprint density at radius 1 is 0.939 bits per heavy atom. The molecule has 0 heterocycles. The number of halogens is 1. The fourth-order valence-electron chi connectivity index (χ4n) is 2.82. The smallest absolute Gasteiger partial charge is 0.329 e. The Morgan fingerprint density at radius 2 is 1.67 bits per heavy atom. The topological polar surface area (TPSA) is 109 Å². The molecule has 0 atom stereocenters. The van der Waals surface area contributed by atoms with E-state index in [1.54, 1.807) is 48.5 Å². The van der Waals surface area contributed by atoms with Gasteiger partial charge in [0.1, 0.15) is 5.75 Å². The highest BCUT2D eigenvalue weighted by atomic mass is 79.9. The van der Waals surface area contributed by atoms with E-state index >= 15 is 0 Å². The minimum absolute atomic E-state index is 0.194. The number of ether oxygens (including phenoxy) is 1. The van der Waals surface area contributed by atoms with Crippen molar-refractivity contribution in [2.75, 3.05) is 17.7 Å². The zero-order valence-corrected chi connectivity index (χ0v) is 19.5. The van der Waals surface area contributed by atoms with E-state index in [9.17, 15) is 14.4 Å². The number of nitrogens with one attached hydrogen (secondary N) is 3. The van der Waals surface area contributed by atoms with Gasteiger partial charge in [-0.05, 0) is 49.4 Å². The number of nitrogens with zero attached hydrogens (tertiary/aromatic N) is 1. The number of anilines is 2. The van der Waals surface area contributed by atoms with Gasteiger partial charge in [0.15, 0.2) is 0 Å². The summed E-state index contributed by atoms with van der Waals surface area (Å²) in [5, 5.41) is 9.02. The van der Waals surface area contributed by atoms with E-state index in [1.807, 2.05) is 19.1 Å². The van der Waals surface area contributed by atoms with E-state index in [-0.39, 0.29) is 11.3 Å². The first-order valence-electron chi connectivity index (χ1n) is 9.82. The van der Waals surface area contributed by atoms with E-state index in [2.05, 4.69) is 37.1 Å². The summed E-state index contributed by atoms with van der Waals surface area (Å²) in [6, 6.07) is 19.0. The molecular formula is C24H21BrN4O4. The SMILES string of the molecule is COc1ccc(Br)cc1C=NNC(=O)C(=O)Nc1ccccc1C(=O)Nc1ccc(C)cc1. The van der Waals surface area contributed by atoms with E-state index < -0.39 is 17.7 Å². The monoisotopic (exact) mass is 508 g/mol. The molecule has 0 radical (unpaired) electrons. The quantitative estimate of drug-likeness (QED) is 0.264. The Labute approximate surface area is 199 Å². The Hall–Kier alpha value is -3.98. The molecular weight excluding hydrogens is 488 g/mol. The Kier molecular flexibility index (Phi) is 7.93. The van der Waals surface area contributed by atoms with Crippen molar-refractivity contribution < 1.29 is 19.1 Å². The van der Waals surface area contributed by atoms with Gasteiger partial charge in [0, 0.05) is 15.7 Å². The summed E-state index contributed by atoms with van der Waals surface area (Å²) in [6.45, 7) is 1.95. The molecule has 0 aliphatic carbocycles. The van der Waals surface area contributed by atoms with Crippen molar-refractivity contribution in [2.24, 2.45) is 5.10 Å². The Balaban J connectivity index is 1.65. The van der Waals surface area contributed by atoms with Crippen LogP contribution in [0.4, 0.5) is 11.4 Å². The molecule has 3 aromatic rings. The average molecular weight is 509 g/mol. The maximum Gasteiger partial charge on any atom is 0.329 e. The molecule has 3 aromatic carbocycles. The highest BCUT2D eigenvalue weighted by molar-refractivity contribution is 9.10. The number of rotatable bonds is 6. The van der Waals surface area contributed by atoms with Crippen LogP contribution < -0.4 is 20.8 Å². The normalized spacial score (nSPS) is 10.5. The highest BCUT2D eigenvalue weighted by Gasteiger charge is 2.18. The van der Waals surface area contributed by atoms with Gasteiger partial charge in [0.05, 0.1) is 24.6 Å². The summed E-state index contributed by atoms with van der Waals surface area (Å²) in [7, 11) is 1.51. The summed E-state index contributed by atoms with van der Waals surface area (Å²) in [4.78, 5) is 37.2.